The molecular weight excluding hydrogens is 240 g/mol. The average molecular weight is 257 g/mol. The van der Waals surface area contributed by atoms with Crippen LogP contribution >= 0.6 is 0 Å². The molecule has 1 atom stereocenters. The Kier molecular flexibility index (Phi) is 4.60. The Morgan fingerprint density at radius 1 is 1.33 bits per heavy atom. The average Bonchev–Trinajstić information content (AvgIpc) is 2.38. The van der Waals surface area contributed by atoms with Gasteiger partial charge in [0.1, 0.15) is 11.6 Å². The highest BCUT2D eigenvalue weighted by Crippen LogP contribution is 2.18. The van der Waals surface area contributed by atoms with Crippen molar-refractivity contribution in [2.24, 2.45) is 5.73 Å². The predicted molar refractivity (Wildman–Crippen MR) is 63.7 cm³/mol. The molecule has 1 aromatic rings. The predicted octanol–water partition coefficient (Wildman–Crippen LogP) is 0.801. The van der Waals surface area contributed by atoms with Gasteiger partial charge in [-0.25, -0.2) is 19.2 Å². The first-order valence-electron chi connectivity index (χ1n) is 5.94. The van der Waals surface area contributed by atoms with Gasteiger partial charge in [0.2, 0.25) is 0 Å². The van der Waals surface area contributed by atoms with Crippen molar-refractivity contribution < 1.29 is 13.5 Å². The molecule has 3 N–H and O–H groups in total. The van der Waals surface area contributed by atoms with E-state index in [0.717, 1.165) is 19.2 Å². The Morgan fingerprint density at radius 2 is 2.06 bits per heavy atom. The summed E-state index contributed by atoms with van der Waals surface area (Å²) in [4.78, 5) is 0. The molecule has 100 valence electrons. The Balaban J connectivity index is 2.07. The zero-order chi connectivity index (χ0) is 13.0. The highest BCUT2D eigenvalue weighted by Gasteiger charge is 2.19. The van der Waals surface area contributed by atoms with E-state index in [9.17, 15) is 8.78 Å². The number of hydrogen-bond acceptors (Lipinski definition) is 4. The minimum atomic E-state index is -0.585. The van der Waals surface area contributed by atoms with Gasteiger partial charge in [-0.2, -0.15) is 0 Å². The number of nitrogens with zero attached hydrogens (tertiary/aromatic N) is 1. The standard InChI is InChI=1S/C12H17F2N3O/c13-9-1-2-10(11(14)7-9)12(8-15)16-17-3-5-18-6-4-17/h1-2,7,12,16H,3-6,8,15H2. The van der Waals surface area contributed by atoms with Gasteiger partial charge in [0.05, 0.1) is 19.3 Å². The summed E-state index contributed by atoms with van der Waals surface area (Å²) in [5.74, 6) is -1.16. The first-order chi connectivity index (χ1) is 8.70. The summed E-state index contributed by atoms with van der Waals surface area (Å²) in [5.41, 5.74) is 9.18. The third kappa shape index (κ3) is 3.23. The second kappa shape index (κ2) is 6.19. The van der Waals surface area contributed by atoms with Crippen LogP contribution in [0.4, 0.5) is 8.78 Å². The topological polar surface area (TPSA) is 50.5 Å². The van der Waals surface area contributed by atoms with Crippen molar-refractivity contribution >= 4 is 0 Å². The van der Waals surface area contributed by atoms with Crippen molar-refractivity contribution in [1.29, 1.82) is 0 Å². The molecule has 0 radical (unpaired) electrons. The number of benzene rings is 1. The molecule has 1 unspecified atom stereocenters. The molecule has 1 aliphatic heterocycles. The number of nitrogens with two attached hydrogens (primary N) is 1. The monoisotopic (exact) mass is 257 g/mol. The minimum absolute atomic E-state index is 0.236. The fourth-order valence-corrected chi connectivity index (χ4v) is 1.95. The van der Waals surface area contributed by atoms with Crippen molar-refractivity contribution in [3.05, 3.63) is 35.4 Å². The number of morpholine rings is 1. The fourth-order valence-electron chi connectivity index (χ4n) is 1.95. The van der Waals surface area contributed by atoms with E-state index in [1.165, 1.54) is 12.1 Å². The molecule has 1 aliphatic rings. The van der Waals surface area contributed by atoms with E-state index in [1.807, 2.05) is 5.01 Å². The van der Waals surface area contributed by atoms with E-state index in [4.69, 9.17) is 10.5 Å². The van der Waals surface area contributed by atoms with Crippen molar-refractivity contribution in [3.8, 4) is 0 Å². The van der Waals surface area contributed by atoms with E-state index in [1.54, 1.807) is 0 Å². The van der Waals surface area contributed by atoms with Crippen LogP contribution in [0.2, 0.25) is 0 Å². The summed E-state index contributed by atoms with van der Waals surface area (Å²) in [6.07, 6.45) is 0. The number of halogens is 2. The number of ether oxygens (including phenoxy) is 1. The Bertz CT molecular complexity index is 397. The number of hydrazine groups is 1. The first-order valence-corrected chi connectivity index (χ1v) is 5.94. The van der Waals surface area contributed by atoms with Crippen molar-refractivity contribution in [3.63, 3.8) is 0 Å². The van der Waals surface area contributed by atoms with Gasteiger partial charge < -0.3 is 10.5 Å². The molecule has 0 bridgehead atoms. The first kappa shape index (κ1) is 13.4. The van der Waals surface area contributed by atoms with Crippen LogP contribution in [0, 0.1) is 11.6 Å². The van der Waals surface area contributed by atoms with Crippen LogP contribution in [0.5, 0.6) is 0 Å². The van der Waals surface area contributed by atoms with E-state index in [0.29, 0.717) is 18.8 Å². The minimum Gasteiger partial charge on any atom is -0.379 e. The Labute approximate surface area is 105 Å². The lowest BCUT2D eigenvalue weighted by molar-refractivity contribution is 0.00378. The maximum atomic E-state index is 13.7. The molecule has 0 amide bonds. The van der Waals surface area contributed by atoms with Gasteiger partial charge in [0, 0.05) is 31.3 Å². The molecule has 0 aliphatic carbocycles. The van der Waals surface area contributed by atoms with Crippen LogP contribution in [0.1, 0.15) is 11.6 Å². The molecular formula is C12H17F2N3O. The van der Waals surface area contributed by atoms with Crippen molar-refractivity contribution in [2.75, 3.05) is 32.8 Å². The highest BCUT2D eigenvalue weighted by molar-refractivity contribution is 5.22. The van der Waals surface area contributed by atoms with Crippen molar-refractivity contribution in [1.82, 2.24) is 10.4 Å². The summed E-state index contributed by atoms with van der Waals surface area (Å²) >= 11 is 0. The molecule has 18 heavy (non-hydrogen) atoms. The molecule has 0 saturated carbocycles. The summed E-state index contributed by atoms with van der Waals surface area (Å²) in [7, 11) is 0. The summed E-state index contributed by atoms with van der Waals surface area (Å²) in [6.45, 7) is 2.95. The van der Waals surface area contributed by atoms with Crippen LogP contribution in [0.3, 0.4) is 0 Å². The smallest absolute Gasteiger partial charge is 0.130 e. The largest absolute Gasteiger partial charge is 0.379 e. The summed E-state index contributed by atoms with van der Waals surface area (Å²) in [5, 5.41) is 1.95. The second-order valence-corrected chi connectivity index (χ2v) is 4.18. The Hall–Kier alpha value is -1.08. The molecule has 1 fully saturated rings. The van der Waals surface area contributed by atoms with Gasteiger partial charge in [-0.3, -0.25) is 0 Å². The molecule has 0 aromatic heterocycles. The normalized spacial score (nSPS) is 18.8. The van der Waals surface area contributed by atoms with E-state index in [-0.39, 0.29) is 12.6 Å². The second-order valence-electron chi connectivity index (χ2n) is 4.18. The maximum absolute atomic E-state index is 13.7. The van der Waals surface area contributed by atoms with Gasteiger partial charge in [0.25, 0.3) is 0 Å². The summed E-state index contributed by atoms with van der Waals surface area (Å²) < 4.78 is 31.7. The van der Waals surface area contributed by atoms with Gasteiger partial charge in [-0.15, -0.1) is 0 Å². The fraction of sp³-hybridized carbons (Fsp3) is 0.500. The third-order valence-electron chi connectivity index (χ3n) is 2.92. The molecule has 4 nitrogen and oxygen atoms in total. The van der Waals surface area contributed by atoms with E-state index >= 15 is 0 Å². The van der Waals surface area contributed by atoms with Gasteiger partial charge in [-0.05, 0) is 6.07 Å². The molecule has 1 heterocycles. The van der Waals surface area contributed by atoms with Crippen LogP contribution in [-0.2, 0) is 4.74 Å². The molecule has 2 rings (SSSR count). The lowest BCUT2D eigenvalue weighted by atomic mass is 10.1. The zero-order valence-electron chi connectivity index (χ0n) is 10.0. The van der Waals surface area contributed by atoms with Crippen LogP contribution < -0.4 is 11.2 Å². The number of rotatable bonds is 4. The lowest BCUT2D eigenvalue weighted by Crippen LogP contribution is -2.48. The molecule has 1 saturated heterocycles. The van der Waals surface area contributed by atoms with Gasteiger partial charge in [0.15, 0.2) is 0 Å². The SMILES string of the molecule is NCC(NN1CCOCC1)c1ccc(F)cc1F. The van der Waals surface area contributed by atoms with Gasteiger partial charge in [-0.1, -0.05) is 6.07 Å². The molecule has 0 spiro atoms. The highest BCUT2D eigenvalue weighted by atomic mass is 19.1. The van der Waals surface area contributed by atoms with Crippen molar-refractivity contribution in [2.45, 2.75) is 6.04 Å². The van der Waals surface area contributed by atoms with Crippen LogP contribution in [-0.4, -0.2) is 37.9 Å². The van der Waals surface area contributed by atoms with E-state index in [2.05, 4.69) is 5.43 Å². The third-order valence-corrected chi connectivity index (χ3v) is 2.92. The number of nitrogens with one attached hydrogen (secondary N) is 1. The molecule has 1 aromatic carbocycles. The van der Waals surface area contributed by atoms with Crippen LogP contribution in [0.25, 0.3) is 0 Å². The Morgan fingerprint density at radius 3 is 2.67 bits per heavy atom. The lowest BCUT2D eigenvalue weighted by Gasteiger charge is -2.31. The van der Waals surface area contributed by atoms with Gasteiger partial charge >= 0.3 is 0 Å². The zero-order valence-corrected chi connectivity index (χ0v) is 10.0. The molecule has 6 heteroatoms. The summed E-state index contributed by atoms with van der Waals surface area (Å²) in [6, 6.07) is 3.18. The van der Waals surface area contributed by atoms with Crippen LogP contribution in [0.15, 0.2) is 18.2 Å². The van der Waals surface area contributed by atoms with E-state index < -0.39 is 11.6 Å². The quantitative estimate of drug-likeness (QED) is 0.838. The maximum Gasteiger partial charge on any atom is 0.130 e. The number of hydrogen-bond donors (Lipinski definition) is 2.